The molecule has 1 aromatic heterocycles. The van der Waals surface area contributed by atoms with Gasteiger partial charge >= 0.3 is 5.97 Å². The van der Waals surface area contributed by atoms with Crippen LogP contribution in [0, 0.1) is 18.8 Å². The maximum Gasteiger partial charge on any atom is 0.357 e. The van der Waals surface area contributed by atoms with Gasteiger partial charge in [-0.15, -0.1) is 11.3 Å². The van der Waals surface area contributed by atoms with Gasteiger partial charge in [0.2, 0.25) is 0 Å². The minimum absolute atomic E-state index is 0.352. The standard InChI is InChI=1S/C15H24N2O2S/c1-4-11-5-7-12(8-6-11)9-16-15-17-13(10(2)20-15)14(18)19-3/h11-12H,4-9H2,1-3H3,(H,16,17). The third-order valence-corrected chi connectivity index (χ3v) is 5.19. The van der Waals surface area contributed by atoms with E-state index in [4.69, 9.17) is 4.74 Å². The number of methoxy groups -OCH3 is 1. The van der Waals surface area contributed by atoms with Gasteiger partial charge in [-0.3, -0.25) is 0 Å². The summed E-state index contributed by atoms with van der Waals surface area (Å²) in [5.74, 6) is 1.32. The Morgan fingerprint density at radius 1 is 1.35 bits per heavy atom. The maximum absolute atomic E-state index is 11.5. The van der Waals surface area contributed by atoms with Crippen LogP contribution < -0.4 is 5.32 Å². The van der Waals surface area contributed by atoms with Crippen molar-refractivity contribution in [2.45, 2.75) is 46.0 Å². The van der Waals surface area contributed by atoms with E-state index in [-0.39, 0.29) is 5.97 Å². The lowest BCUT2D eigenvalue weighted by molar-refractivity contribution is 0.0594. The SMILES string of the molecule is CCC1CCC(CNc2nc(C(=O)OC)c(C)s2)CC1. The minimum Gasteiger partial charge on any atom is -0.464 e. The zero-order valence-electron chi connectivity index (χ0n) is 12.6. The van der Waals surface area contributed by atoms with Crippen molar-refractivity contribution in [3.05, 3.63) is 10.6 Å². The van der Waals surface area contributed by atoms with Crippen molar-refractivity contribution in [1.29, 1.82) is 0 Å². The summed E-state index contributed by atoms with van der Waals surface area (Å²) in [5, 5.41) is 4.22. The molecule has 1 aliphatic carbocycles. The topological polar surface area (TPSA) is 51.2 Å². The predicted molar refractivity (Wildman–Crippen MR) is 82.4 cm³/mol. The lowest BCUT2D eigenvalue weighted by Gasteiger charge is -2.27. The molecule has 0 saturated heterocycles. The van der Waals surface area contributed by atoms with Gasteiger partial charge in [-0.25, -0.2) is 9.78 Å². The Morgan fingerprint density at radius 2 is 2.00 bits per heavy atom. The Balaban J connectivity index is 1.84. The zero-order valence-corrected chi connectivity index (χ0v) is 13.4. The van der Waals surface area contributed by atoms with Crippen molar-refractivity contribution in [2.75, 3.05) is 19.0 Å². The number of esters is 1. The monoisotopic (exact) mass is 296 g/mol. The summed E-state index contributed by atoms with van der Waals surface area (Å²) < 4.78 is 4.73. The van der Waals surface area contributed by atoms with Crippen LogP contribution in [0.2, 0.25) is 0 Å². The molecule has 1 heterocycles. The van der Waals surface area contributed by atoms with Crippen LogP contribution in [0.15, 0.2) is 0 Å². The number of ether oxygens (including phenoxy) is 1. The van der Waals surface area contributed by atoms with Gasteiger partial charge in [-0.2, -0.15) is 0 Å². The second kappa shape index (κ2) is 7.07. The molecule has 1 fully saturated rings. The predicted octanol–water partition coefficient (Wildman–Crippen LogP) is 3.87. The largest absolute Gasteiger partial charge is 0.464 e. The number of carbonyl (C=O) groups excluding carboxylic acids is 1. The van der Waals surface area contributed by atoms with E-state index in [2.05, 4.69) is 17.2 Å². The summed E-state index contributed by atoms with van der Waals surface area (Å²) in [6, 6.07) is 0. The Kier molecular flexibility index (Phi) is 5.40. The molecular weight excluding hydrogens is 272 g/mol. The summed E-state index contributed by atoms with van der Waals surface area (Å²) in [4.78, 5) is 16.8. The van der Waals surface area contributed by atoms with Crippen LogP contribution in [0.1, 0.15) is 54.4 Å². The van der Waals surface area contributed by atoms with Crippen LogP contribution in [-0.4, -0.2) is 24.6 Å². The first-order chi connectivity index (χ1) is 9.63. The lowest BCUT2D eigenvalue weighted by atomic mass is 9.81. The number of hydrogen-bond acceptors (Lipinski definition) is 5. The highest BCUT2D eigenvalue weighted by atomic mass is 32.1. The first-order valence-electron chi connectivity index (χ1n) is 7.43. The normalized spacial score (nSPS) is 22.6. The molecule has 1 saturated carbocycles. The molecule has 20 heavy (non-hydrogen) atoms. The van der Waals surface area contributed by atoms with Crippen molar-refractivity contribution in [3.63, 3.8) is 0 Å². The number of aromatic nitrogens is 1. The van der Waals surface area contributed by atoms with Crippen LogP contribution >= 0.6 is 11.3 Å². The number of anilines is 1. The van der Waals surface area contributed by atoms with Gasteiger partial charge in [0.1, 0.15) is 0 Å². The Morgan fingerprint density at radius 3 is 2.60 bits per heavy atom. The molecule has 5 heteroatoms. The van der Waals surface area contributed by atoms with Crippen LogP contribution in [0.4, 0.5) is 5.13 Å². The first-order valence-corrected chi connectivity index (χ1v) is 8.25. The van der Waals surface area contributed by atoms with Gasteiger partial charge < -0.3 is 10.1 Å². The number of rotatable bonds is 5. The number of carbonyl (C=O) groups is 1. The fourth-order valence-corrected chi connectivity index (χ4v) is 3.64. The third-order valence-electron chi connectivity index (χ3n) is 4.26. The highest BCUT2D eigenvalue weighted by Crippen LogP contribution is 2.31. The molecule has 0 atom stereocenters. The summed E-state index contributed by atoms with van der Waals surface area (Å²) in [6.45, 7) is 5.15. The molecule has 0 unspecified atom stereocenters. The summed E-state index contributed by atoms with van der Waals surface area (Å²) in [5.41, 5.74) is 0.440. The second-order valence-electron chi connectivity index (χ2n) is 5.59. The maximum atomic E-state index is 11.5. The van der Waals surface area contributed by atoms with E-state index in [1.807, 2.05) is 6.92 Å². The highest BCUT2D eigenvalue weighted by Gasteiger charge is 2.21. The fraction of sp³-hybridized carbons (Fsp3) is 0.733. The van der Waals surface area contributed by atoms with Crippen LogP contribution in [0.25, 0.3) is 0 Å². The van der Waals surface area contributed by atoms with E-state index in [1.165, 1.54) is 50.6 Å². The molecular formula is C15H24N2O2S. The molecule has 4 nitrogen and oxygen atoms in total. The lowest BCUT2D eigenvalue weighted by Crippen LogP contribution is -2.21. The molecule has 2 rings (SSSR count). The average Bonchev–Trinajstić information content (AvgIpc) is 2.86. The summed E-state index contributed by atoms with van der Waals surface area (Å²) in [7, 11) is 1.39. The van der Waals surface area contributed by atoms with Gasteiger partial charge in [0.25, 0.3) is 0 Å². The first kappa shape index (κ1) is 15.3. The molecule has 1 N–H and O–H groups in total. The molecule has 0 aromatic carbocycles. The van der Waals surface area contributed by atoms with E-state index < -0.39 is 0 Å². The van der Waals surface area contributed by atoms with E-state index in [0.29, 0.717) is 5.69 Å². The van der Waals surface area contributed by atoms with E-state index in [9.17, 15) is 4.79 Å². The number of aryl methyl sites for hydroxylation is 1. The number of nitrogens with zero attached hydrogens (tertiary/aromatic N) is 1. The van der Waals surface area contributed by atoms with Gasteiger partial charge in [-0.05, 0) is 31.6 Å². The molecule has 0 radical (unpaired) electrons. The molecule has 0 amide bonds. The molecule has 0 aliphatic heterocycles. The van der Waals surface area contributed by atoms with Crippen LogP contribution in [0.5, 0.6) is 0 Å². The van der Waals surface area contributed by atoms with Crippen LogP contribution in [0.3, 0.4) is 0 Å². The highest BCUT2D eigenvalue weighted by molar-refractivity contribution is 7.15. The Bertz CT molecular complexity index is 451. The van der Waals surface area contributed by atoms with Crippen molar-refractivity contribution >= 4 is 22.4 Å². The smallest absolute Gasteiger partial charge is 0.357 e. The van der Waals surface area contributed by atoms with Crippen molar-refractivity contribution in [3.8, 4) is 0 Å². The van der Waals surface area contributed by atoms with Gasteiger partial charge in [-0.1, -0.05) is 26.2 Å². The fourth-order valence-electron chi connectivity index (χ4n) is 2.83. The Labute approximate surface area is 124 Å². The van der Waals surface area contributed by atoms with E-state index in [0.717, 1.165) is 28.4 Å². The number of thiazole rings is 1. The quantitative estimate of drug-likeness (QED) is 0.838. The van der Waals surface area contributed by atoms with Gasteiger partial charge in [0.05, 0.1) is 7.11 Å². The molecule has 1 aromatic rings. The minimum atomic E-state index is -0.352. The van der Waals surface area contributed by atoms with Gasteiger partial charge in [0.15, 0.2) is 10.8 Å². The molecule has 1 aliphatic rings. The number of nitrogens with one attached hydrogen (secondary N) is 1. The van der Waals surface area contributed by atoms with Crippen molar-refractivity contribution in [2.24, 2.45) is 11.8 Å². The molecule has 112 valence electrons. The molecule has 0 bridgehead atoms. The summed E-state index contributed by atoms with van der Waals surface area (Å²) in [6.07, 6.45) is 6.63. The Hall–Kier alpha value is -1.10. The zero-order chi connectivity index (χ0) is 14.5. The van der Waals surface area contributed by atoms with E-state index >= 15 is 0 Å². The third kappa shape index (κ3) is 3.72. The molecule has 0 spiro atoms. The van der Waals surface area contributed by atoms with Gasteiger partial charge in [0, 0.05) is 11.4 Å². The van der Waals surface area contributed by atoms with Crippen LogP contribution in [-0.2, 0) is 4.74 Å². The number of hydrogen-bond donors (Lipinski definition) is 1. The van der Waals surface area contributed by atoms with Crippen molar-refractivity contribution in [1.82, 2.24) is 4.98 Å². The van der Waals surface area contributed by atoms with Crippen molar-refractivity contribution < 1.29 is 9.53 Å². The average molecular weight is 296 g/mol. The summed E-state index contributed by atoms with van der Waals surface area (Å²) >= 11 is 1.53. The second-order valence-corrected chi connectivity index (χ2v) is 6.79. The van der Waals surface area contributed by atoms with E-state index in [1.54, 1.807) is 0 Å².